The van der Waals surface area contributed by atoms with Gasteiger partial charge in [-0.1, -0.05) is 103 Å². The highest BCUT2D eigenvalue weighted by atomic mass is 14.4. The van der Waals surface area contributed by atoms with Crippen LogP contribution in [0.25, 0.3) is 5.57 Å². The van der Waals surface area contributed by atoms with Gasteiger partial charge in [-0.25, -0.2) is 0 Å². The minimum absolute atomic E-state index is 0.176. The summed E-state index contributed by atoms with van der Waals surface area (Å²) in [5.74, 6) is 1.78. The molecule has 28 heavy (non-hydrogen) atoms. The molecular formula is C28H44. The summed E-state index contributed by atoms with van der Waals surface area (Å²) in [5.41, 5.74) is 5.70. The van der Waals surface area contributed by atoms with Gasteiger partial charge in [-0.3, -0.25) is 0 Å². The van der Waals surface area contributed by atoms with Crippen LogP contribution < -0.4 is 0 Å². The van der Waals surface area contributed by atoms with Crippen LogP contribution in [0.4, 0.5) is 0 Å². The van der Waals surface area contributed by atoms with Crippen LogP contribution in [0.3, 0.4) is 0 Å². The number of hydrogen-bond donors (Lipinski definition) is 0. The molecule has 0 aliphatic heterocycles. The first-order valence-corrected chi connectivity index (χ1v) is 11.7. The van der Waals surface area contributed by atoms with Crippen molar-refractivity contribution in [1.82, 2.24) is 0 Å². The highest BCUT2D eigenvalue weighted by Crippen LogP contribution is 2.50. The number of unbranched alkanes of at least 4 members (excludes halogenated alkanes) is 2. The average molecular weight is 381 g/mol. The summed E-state index contributed by atoms with van der Waals surface area (Å²) in [4.78, 5) is 0. The lowest BCUT2D eigenvalue weighted by atomic mass is 9.60. The van der Waals surface area contributed by atoms with Crippen molar-refractivity contribution in [2.75, 3.05) is 0 Å². The summed E-state index contributed by atoms with van der Waals surface area (Å²) in [7, 11) is 0. The molecule has 1 aliphatic rings. The van der Waals surface area contributed by atoms with Gasteiger partial charge in [0.2, 0.25) is 0 Å². The van der Waals surface area contributed by atoms with Gasteiger partial charge >= 0.3 is 0 Å². The summed E-state index contributed by atoms with van der Waals surface area (Å²) in [5, 5.41) is 0. The van der Waals surface area contributed by atoms with E-state index in [-0.39, 0.29) is 5.41 Å². The SMILES string of the molecule is C=C(CCCCC)C(C1CCCCC1)C(C(=C)c1ccccc1C)C(C)(C)C. The maximum absolute atomic E-state index is 4.71. The molecule has 0 N–H and O–H groups in total. The van der Waals surface area contributed by atoms with Crippen molar-refractivity contribution in [2.45, 2.75) is 92.4 Å². The third kappa shape index (κ3) is 5.85. The normalized spacial score (nSPS) is 17.9. The van der Waals surface area contributed by atoms with Crippen molar-refractivity contribution < 1.29 is 0 Å². The average Bonchev–Trinajstić information content (AvgIpc) is 2.65. The van der Waals surface area contributed by atoms with Crippen LogP contribution in [0.1, 0.15) is 96.6 Å². The van der Waals surface area contributed by atoms with Crippen LogP contribution >= 0.6 is 0 Å². The first-order valence-electron chi connectivity index (χ1n) is 11.7. The molecule has 0 heteroatoms. The van der Waals surface area contributed by atoms with Crippen LogP contribution in [0, 0.1) is 30.1 Å². The third-order valence-corrected chi connectivity index (χ3v) is 6.89. The van der Waals surface area contributed by atoms with Gasteiger partial charge in [-0.05, 0) is 72.5 Å². The molecule has 1 aliphatic carbocycles. The molecule has 2 unspecified atom stereocenters. The van der Waals surface area contributed by atoms with E-state index >= 15 is 0 Å². The molecule has 0 bridgehead atoms. The van der Waals surface area contributed by atoms with Crippen molar-refractivity contribution in [3.63, 3.8) is 0 Å². The lowest BCUT2D eigenvalue weighted by Gasteiger charge is -2.45. The van der Waals surface area contributed by atoms with E-state index in [1.165, 1.54) is 80.1 Å². The van der Waals surface area contributed by atoms with Gasteiger partial charge in [-0.2, -0.15) is 0 Å². The Morgan fingerprint density at radius 3 is 2.25 bits per heavy atom. The first-order chi connectivity index (χ1) is 13.3. The molecule has 2 atom stereocenters. The monoisotopic (exact) mass is 380 g/mol. The highest BCUT2D eigenvalue weighted by molar-refractivity contribution is 5.69. The molecule has 0 spiro atoms. The van der Waals surface area contributed by atoms with Gasteiger partial charge in [0, 0.05) is 0 Å². The van der Waals surface area contributed by atoms with E-state index in [9.17, 15) is 0 Å². The third-order valence-electron chi connectivity index (χ3n) is 6.89. The molecule has 1 fully saturated rings. The van der Waals surface area contributed by atoms with Gasteiger partial charge in [0.1, 0.15) is 0 Å². The topological polar surface area (TPSA) is 0 Å². The van der Waals surface area contributed by atoms with E-state index < -0.39 is 0 Å². The molecular weight excluding hydrogens is 336 g/mol. The fraction of sp³-hybridized carbons (Fsp3) is 0.643. The molecule has 1 aromatic carbocycles. The minimum atomic E-state index is 0.176. The van der Waals surface area contributed by atoms with E-state index in [4.69, 9.17) is 13.2 Å². The zero-order chi connectivity index (χ0) is 20.7. The number of allylic oxidation sites excluding steroid dienone is 2. The Morgan fingerprint density at radius 2 is 1.68 bits per heavy atom. The second-order valence-electron chi connectivity index (χ2n) is 10.2. The molecule has 0 heterocycles. The molecule has 1 aromatic rings. The summed E-state index contributed by atoms with van der Waals surface area (Å²) < 4.78 is 0. The molecule has 0 aromatic heterocycles. The summed E-state index contributed by atoms with van der Waals surface area (Å²) in [6.07, 6.45) is 12.0. The van der Waals surface area contributed by atoms with Gasteiger partial charge < -0.3 is 0 Å². The van der Waals surface area contributed by atoms with Crippen LogP contribution in [0.2, 0.25) is 0 Å². The predicted octanol–water partition coefficient (Wildman–Crippen LogP) is 9.00. The molecule has 0 radical (unpaired) electrons. The van der Waals surface area contributed by atoms with Crippen LogP contribution in [0.15, 0.2) is 43.0 Å². The van der Waals surface area contributed by atoms with E-state index in [1.807, 2.05) is 0 Å². The Bertz CT molecular complexity index is 636. The number of aryl methyl sites for hydroxylation is 1. The summed E-state index contributed by atoms with van der Waals surface area (Å²) >= 11 is 0. The Morgan fingerprint density at radius 1 is 1.04 bits per heavy atom. The summed E-state index contributed by atoms with van der Waals surface area (Å²) in [6, 6.07) is 8.81. The van der Waals surface area contributed by atoms with Gasteiger partial charge in [-0.15, -0.1) is 0 Å². The van der Waals surface area contributed by atoms with E-state index in [1.54, 1.807) is 0 Å². The molecule has 0 saturated heterocycles. The Kier molecular flexibility index (Phi) is 8.59. The standard InChI is InChI=1S/C28H44/c1-8-9-11-17-22(3)26(24-18-12-10-13-19-24)27(28(5,6)7)23(4)25-20-15-14-16-21(25)2/h14-16,20,24,26-27H,3-4,8-13,17-19H2,1-2,5-7H3. The molecule has 156 valence electrons. The second kappa shape index (κ2) is 10.5. The molecule has 2 rings (SSSR count). The Balaban J connectivity index is 2.41. The fourth-order valence-electron chi connectivity index (χ4n) is 5.48. The van der Waals surface area contributed by atoms with Crippen LogP contribution in [-0.4, -0.2) is 0 Å². The fourth-order valence-corrected chi connectivity index (χ4v) is 5.48. The van der Waals surface area contributed by atoms with Crippen molar-refractivity contribution >= 4 is 5.57 Å². The zero-order valence-electron chi connectivity index (χ0n) is 19.3. The van der Waals surface area contributed by atoms with E-state index in [0.717, 1.165) is 5.92 Å². The van der Waals surface area contributed by atoms with Gasteiger partial charge in [0.15, 0.2) is 0 Å². The lowest BCUT2D eigenvalue weighted by Crippen LogP contribution is -2.36. The number of benzene rings is 1. The van der Waals surface area contributed by atoms with Crippen molar-refractivity contribution in [2.24, 2.45) is 23.2 Å². The molecule has 1 saturated carbocycles. The maximum atomic E-state index is 4.71. The van der Waals surface area contributed by atoms with Crippen molar-refractivity contribution in [3.05, 3.63) is 54.1 Å². The lowest BCUT2D eigenvalue weighted by molar-refractivity contribution is 0.154. The van der Waals surface area contributed by atoms with Crippen molar-refractivity contribution in [1.29, 1.82) is 0 Å². The molecule has 0 nitrogen and oxygen atoms in total. The Hall–Kier alpha value is -1.30. The van der Waals surface area contributed by atoms with Gasteiger partial charge in [0.25, 0.3) is 0 Å². The molecule has 0 amide bonds. The predicted molar refractivity (Wildman–Crippen MR) is 127 cm³/mol. The van der Waals surface area contributed by atoms with Crippen LogP contribution in [0.5, 0.6) is 0 Å². The minimum Gasteiger partial charge on any atom is -0.0995 e. The zero-order valence-corrected chi connectivity index (χ0v) is 19.3. The van der Waals surface area contributed by atoms with Crippen LogP contribution in [-0.2, 0) is 0 Å². The number of hydrogen-bond acceptors (Lipinski definition) is 0. The second-order valence-corrected chi connectivity index (χ2v) is 10.2. The number of rotatable bonds is 9. The quantitative estimate of drug-likeness (QED) is 0.296. The first kappa shape index (κ1) is 23.0. The van der Waals surface area contributed by atoms with Gasteiger partial charge in [0.05, 0.1) is 0 Å². The smallest absolute Gasteiger partial charge is 0.00449 e. The largest absolute Gasteiger partial charge is 0.0995 e. The highest BCUT2D eigenvalue weighted by Gasteiger charge is 2.40. The van der Waals surface area contributed by atoms with Crippen molar-refractivity contribution in [3.8, 4) is 0 Å². The summed E-state index contributed by atoms with van der Waals surface area (Å²) in [6.45, 7) is 21.2. The van der Waals surface area contributed by atoms with E-state index in [0.29, 0.717) is 11.8 Å². The van der Waals surface area contributed by atoms with E-state index in [2.05, 4.69) is 58.9 Å². The Labute approximate surface area is 175 Å². The maximum Gasteiger partial charge on any atom is -0.00449 e.